The summed E-state index contributed by atoms with van der Waals surface area (Å²) in [6.45, 7) is 5.12. The van der Waals surface area contributed by atoms with Gasteiger partial charge in [0.05, 0.1) is 6.54 Å². The van der Waals surface area contributed by atoms with E-state index in [1.807, 2.05) is 25.1 Å². The number of benzene rings is 1. The first-order chi connectivity index (χ1) is 11.5. The standard InChI is InChI=1S/C18H23N3O3/c1-15-5-2-6-16(13-15)7-3-8-20-9-4-10-21(12-11-20)18(23)24-14-17(19)22/h2,5-6,13H,4,8-12,14H2,1H3,(H2,19,22). The lowest BCUT2D eigenvalue weighted by molar-refractivity contribution is -0.121. The minimum absolute atomic E-state index is 0.374. The molecule has 0 saturated carbocycles. The maximum Gasteiger partial charge on any atom is 0.410 e. The molecule has 1 aromatic rings. The lowest BCUT2D eigenvalue weighted by Gasteiger charge is -2.20. The second-order valence-electron chi connectivity index (χ2n) is 5.81. The third kappa shape index (κ3) is 5.94. The summed E-state index contributed by atoms with van der Waals surface area (Å²) < 4.78 is 4.85. The van der Waals surface area contributed by atoms with Crippen LogP contribution >= 0.6 is 0 Å². The first-order valence-corrected chi connectivity index (χ1v) is 8.02. The lowest BCUT2D eigenvalue weighted by Crippen LogP contribution is -2.37. The van der Waals surface area contributed by atoms with Crippen molar-refractivity contribution < 1.29 is 14.3 Å². The van der Waals surface area contributed by atoms with Gasteiger partial charge in [-0.2, -0.15) is 0 Å². The highest BCUT2D eigenvalue weighted by atomic mass is 16.6. The predicted molar refractivity (Wildman–Crippen MR) is 91.2 cm³/mol. The molecule has 1 fully saturated rings. The second-order valence-corrected chi connectivity index (χ2v) is 5.81. The molecule has 0 radical (unpaired) electrons. The van der Waals surface area contributed by atoms with Crippen molar-refractivity contribution in [1.29, 1.82) is 0 Å². The molecule has 0 atom stereocenters. The molecule has 6 heteroatoms. The van der Waals surface area contributed by atoms with Crippen molar-refractivity contribution in [2.75, 3.05) is 39.3 Å². The van der Waals surface area contributed by atoms with Crippen LogP contribution in [0.15, 0.2) is 24.3 Å². The molecule has 1 saturated heterocycles. The monoisotopic (exact) mass is 329 g/mol. The molecule has 6 nitrogen and oxygen atoms in total. The van der Waals surface area contributed by atoms with Gasteiger partial charge in [-0.05, 0) is 31.0 Å². The van der Waals surface area contributed by atoms with Crippen LogP contribution in [0.5, 0.6) is 0 Å². The fourth-order valence-electron chi connectivity index (χ4n) is 2.51. The number of carbonyl (C=O) groups is 2. The van der Waals surface area contributed by atoms with Gasteiger partial charge in [-0.1, -0.05) is 24.0 Å². The Kier molecular flexibility index (Phi) is 6.64. The number of hydrogen-bond acceptors (Lipinski definition) is 4. The Bertz CT molecular complexity index is 648. The fraction of sp³-hybridized carbons (Fsp3) is 0.444. The topological polar surface area (TPSA) is 75.9 Å². The highest BCUT2D eigenvalue weighted by molar-refractivity contribution is 5.78. The summed E-state index contributed by atoms with van der Waals surface area (Å²) in [6.07, 6.45) is 0.360. The smallest absolute Gasteiger partial charge is 0.410 e. The van der Waals surface area contributed by atoms with Gasteiger partial charge >= 0.3 is 6.09 Å². The van der Waals surface area contributed by atoms with E-state index < -0.39 is 12.0 Å². The first kappa shape index (κ1) is 17.8. The van der Waals surface area contributed by atoms with Crippen LogP contribution in [-0.4, -0.2) is 61.1 Å². The van der Waals surface area contributed by atoms with E-state index in [4.69, 9.17) is 10.5 Å². The van der Waals surface area contributed by atoms with E-state index in [0.29, 0.717) is 19.6 Å². The van der Waals surface area contributed by atoms with Crippen LogP contribution in [0.2, 0.25) is 0 Å². The van der Waals surface area contributed by atoms with Crippen molar-refractivity contribution in [3.05, 3.63) is 35.4 Å². The van der Waals surface area contributed by atoms with E-state index >= 15 is 0 Å². The van der Waals surface area contributed by atoms with Crippen molar-refractivity contribution in [2.24, 2.45) is 5.73 Å². The molecule has 1 aromatic carbocycles. The maximum absolute atomic E-state index is 11.8. The summed E-state index contributed by atoms with van der Waals surface area (Å²) in [5.74, 6) is 5.72. The third-order valence-corrected chi connectivity index (χ3v) is 3.74. The van der Waals surface area contributed by atoms with Gasteiger partial charge in [-0.3, -0.25) is 9.69 Å². The zero-order valence-corrected chi connectivity index (χ0v) is 14.0. The van der Waals surface area contributed by atoms with E-state index in [9.17, 15) is 9.59 Å². The van der Waals surface area contributed by atoms with Gasteiger partial charge in [0, 0.05) is 31.7 Å². The van der Waals surface area contributed by atoms with Gasteiger partial charge < -0.3 is 15.4 Å². The summed E-state index contributed by atoms with van der Waals surface area (Å²) in [7, 11) is 0. The highest BCUT2D eigenvalue weighted by Gasteiger charge is 2.20. The van der Waals surface area contributed by atoms with Gasteiger partial charge in [-0.15, -0.1) is 0 Å². The van der Waals surface area contributed by atoms with Crippen LogP contribution in [0.3, 0.4) is 0 Å². The summed E-state index contributed by atoms with van der Waals surface area (Å²) in [6, 6.07) is 8.11. The molecule has 0 aromatic heterocycles. The molecule has 128 valence electrons. The van der Waals surface area contributed by atoms with E-state index in [2.05, 4.69) is 22.8 Å². The zero-order chi connectivity index (χ0) is 17.4. The molecule has 0 spiro atoms. The Morgan fingerprint density at radius 1 is 1.25 bits per heavy atom. The Morgan fingerprint density at radius 3 is 2.83 bits per heavy atom. The molecule has 0 bridgehead atoms. The van der Waals surface area contributed by atoms with Crippen molar-refractivity contribution in [1.82, 2.24) is 9.80 Å². The summed E-state index contributed by atoms with van der Waals surface area (Å²) >= 11 is 0. The van der Waals surface area contributed by atoms with E-state index in [0.717, 1.165) is 25.1 Å². The van der Waals surface area contributed by atoms with Crippen molar-refractivity contribution >= 4 is 12.0 Å². The molecule has 1 heterocycles. The molecule has 0 aliphatic carbocycles. The Hall–Kier alpha value is -2.52. The zero-order valence-electron chi connectivity index (χ0n) is 14.0. The minimum atomic E-state index is -0.647. The number of amides is 2. The maximum atomic E-state index is 11.8. The van der Waals surface area contributed by atoms with Crippen LogP contribution in [0, 0.1) is 18.8 Å². The Morgan fingerprint density at radius 2 is 2.08 bits per heavy atom. The molecular formula is C18H23N3O3. The molecule has 0 unspecified atom stereocenters. The molecule has 2 rings (SSSR count). The van der Waals surface area contributed by atoms with Gasteiger partial charge in [0.15, 0.2) is 6.61 Å². The fourth-order valence-corrected chi connectivity index (χ4v) is 2.51. The Labute approximate surface area is 142 Å². The van der Waals surface area contributed by atoms with Crippen molar-refractivity contribution in [3.63, 3.8) is 0 Å². The normalized spacial score (nSPS) is 15.1. The second kappa shape index (κ2) is 8.94. The van der Waals surface area contributed by atoms with E-state index in [-0.39, 0.29) is 6.61 Å². The average molecular weight is 329 g/mol. The quantitative estimate of drug-likeness (QED) is 0.839. The summed E-state index contributed by atoms with van der Waals surface area (Å²) in [4.78, 5) is 26.3. The summed E-state index contributed by atoms with van der Waals surface area (Å²) in [5.41, 5.74) is 7.19. The van der Waals surface area contributed by atoms with Crippen molar-refractivity contribution in [2.45, 2.75) is 13.3 Å². The first-order valence-electron chi connectivity index (χ1n) is 8.02. The average Bonchev–Trinajstić information content (AvgIpc) is 2.78. The highest BCUT2D eigenvalue weighted by Crippen LogP contribution is 2.05. The number of aryl methyl sites for hydroxylation is 1. The molecule has 24 heavy (non-hydrogen) atoms. The number of ether oxygens (including phenoxy) is 1. The number of nitrogens with two attached hydrogens (primary N) is 1. The van der Waals surface area contributed by atoms with Crippen LogP contribution in [0.25, 0.3) is 0 Å². The lowest BCUT2D eigenvalue weighted by atomic mass is 10.1. The Balaban J connectivity index is 1.81. The van der Waals surface area contributed by atoms with Gasteiger partial charge in [0.2, 0.25) is 0 Å². The third-order valence-electron chi connectivity index (χ3n) is 3.74. The summed E-state index contributed by atoms with van der Waals surface area (Å²) in [5, 5.41) is 0. The van der Waals surface area contributed by atoms with E-state index in [1.165, 1.54) is 5.56 Å². The number of rotatable bonds is 3. The van der Waals surface area contributed by atoms with Gasteiger partial charge in [0.1, 0.15) is 0 Å². The number of primary amides is 1. The van der Waals surface area contributed by atoms with Gasteiger partial charge in [-0.25, -0.2) is 4.79 Å². The van der Waals surface area contributed by atoms with Gasteiger partial charge in [0.25, 0.3) is 5.91 Å². The van der Waals surface area contributed by atoms with Crippen molar-refractivity contribution in [3.8, 4) is 11.8 Å². The molecule has 2 amide bonds. The SMILES string of the molecule is Cc1cccc(C#CCN2CCCN(C(=O)OCC(N)=O)CC2)c1. The van der Waals surface area contributed by atoms with E-state index in [1.54, 1.807) is 4.90 Å². The number of nitrogens with zero attached hydrogens (tertiary/aromatic N) is 2. The van der Waals surface area contributed by atoms with Crippen LogP contribution < -0.4 is 5.73 Å². The molecule has 1 aliphatic heterocycles. The number of hydrogen-bond donors (Lipinski definition) is 1. The van der Waals surface area contributed by atoms with Crippen LogP contribution in [0.1, 0.15) is 17.5 Å². The van der Waals surface area contributed by atoms with Crippen LogP contribution in [0.4, 0.5) is 4.79 Å². The largest absolute Gasteiger partial charge is 0.439 e. The molecular weight excluding hydrogens is 306 g/mol. The van der Waals surface area contributed by atoms with Crippen LogP contribution in [-0.2, 0) is 9.53 Å². The predicted octanol–water partition coefficient (Wildman–Crippen LogP) is 0.976. The molecule has 1 aliphatic rings. The molecule has 2 N–H and O–H groups in total. The minimum Gasteiger partial charge on any atom is -0.439 e. The number of carbonyl (C=O) groups excluding carboxylic acids is 2.